The van der Waals surface area contributed by atoms with Crippen LogP contribution in [0, 0.1) is 5.41 Å². The first-order valence-corrected chi connectivity index (χ1v) is 7.18. The number of carbonyl (C=O) groups excluding carboxylic acids is 1. The van der Waals surface area contributed by atoms with Crippen molar-refractivity contribution in [1.82, 2.24) is 9.55 Å². The van der Waals surface area contributed by atoms with E-state index in [1.807, 2.05) is 20.8 Å². The van der Waals surface area contributed by atoms with Crippen LogP contribution in [0.15, 0.2) is 36.9 Å². The Labute approximate surface area is 133 Å². The van der Waals surface area contributed by atoms with Crippen molar-refractivity contribution < 1.29 is 9.53 Å². The van der Waals surface area contributed by atoms with Crippen molar-refractivity contribution in [3.8, 4) is 5.75 Å². The normalized spacial score (nSPS) is 13.0. The summed E-state index contributed by atoms with van der Waals surface area (Å²) in [5, 5.41) is 0.864. The zero-order valence-electron chi connectivity index (χ0n) is 12.0. The lowest BCUT2D eigenvalue weighted by molar-refractivity contribution is -0.137. The van der Waals surface area contributed by atoms with Crippen LogP contribution in [0.1, 0.15) is 27.0 Å². The minimum Gasteiger partial charge on any atom is -0.461 e. The summed E-state index contributed by atoms with van der Waals surface area (Å²) >= 11 is 12.0. The first kappa shape index (κ1) is 15.9. The van der Waals surface area contributed by atoms with E-state index in [1.54, 1.807) is 35.2 Å². The fourth-order valence-electron chi connectivity index (χ4n) is 1.72. The zero-order valence-corrected chi connectivity index (χ0v) is 13.5. The molecule has 0 bridgehead atoms. The SMILES string of the molecule is CC(C)(C)C(=O)C(Oc1ccc(Cl)cc1Cl)n1ccnc1. The van der Waals surface area contributed by atoms with Gasteiger partial charge in [0, 0.05) is 22.8 Å². The monoisotopic (exact) mass is 326 g/mol. The third-order valence-electron chi connectivity index (χ3n) is 2.89. The highest BCUT2D eigenvalue weighted by Crippen LogP contribution is 2.32. The molecule has 0 aliphatic rings. The van der Waals surface area contributed by atoms with Gasteiger partial charge < -0.3 is 4.74 Å². The van der Waals surface area contributed by atoms with E-state index in [0.29, 0.717) is 15.8 Å². The number of rotatable bonds is 4. The van der Waals surface area contributed by atoms with E-state index >= 15 is 0 Å². The molecule has 0 aliphatic heterocycles. The molecule has 2 rings (SSSR count). The third kappa shape index (κ3) is 3.77. The smallest absolute Gasteiger partial charge is 0.236 e. The van der Waals surface area contributed by atoms with Crippen molar-refractivity contribution in [1.29, 1.82) is 0 Å². The predicted molar refractivity (Wildman–Crippen MR) is 82.8 cm³/mol. The molecule has 1 aromatic heterocycles. The Bertz CT molecular complexity index is 634. The molecule has 112 valence electrons. The van der Waals surface area contributed by atoms with Crippen molar-refractivity contribution in [3.63, 3.8) is 0 Å². The summed E-state index contributed by atoms with van der Waals surface area (Å²) in [5.41, 5.74) is -0.562. The van der Waals surface area contributed by atoms with Gasteiger partial charge in [0.15, 0.2) is 5.78 Å². The van der Waals surface area contributed by atoms with E-state index in [1.165, 1.54) is 6.33 Å². The van der Waals surface area contributed by atoms with Crippen LogP contribution in [0.2, 0.25) is 10.0 Å². The average molecular weight is 327 g/mol. The van der Waals surface area contributed by atoms with Crippen molar-refractivity contribution in [2.45, 2.75) is 27.0 Å². The molecule has 1 unspecified atom stereocenters. The summed E-state index contributed by atoms with van der Waals surface area (Å²) in [4.78, 5) is 16.6. The van der Waals surface area contributed by atoms with Gasteiger partial charge in [-0.05, 0) is 18.2 Å². The van der Waals surface area contributed by atoms with Gasteiger partial charge in [0.1, 0.15) is 5.75 Å². The summed E-state index contributed by atoms with van der Waals surface area (Å²) < 4.78 is 7.43. The largest absolute Gasteiger partial charge is 0.461 e. The number of halogens is 2. The molecule has 0 saturated carbocycles. The van der Waals surface area contributed by atoms with Crippen molar-refractivity contribution in [2.24, 2.45) is 5.41 Å². The van der Waals surface area contributed by atoms with Gasteiger partial charge in [0.05, 0.1) is 11.3 Å². The average Bonchev–Trinajstić information content (AvgIpc) is 2.90. The van der Waals surface area contributed by atoms with Gasteiger partial charge in [-0.2, -0.15) is 0 Å². The van der Waals surface area contributed by atoms with Gasteiger partial charge in [-0.25, -0.2) is 4.98 Å². The molecule has 0 saturated heterocycles. The molecule has 1 heterocycles. The number of aromatic nitrogens is 2. The lowest BCUT2D eigenvalue weighted by Gasteiger charge is -2.26. The van der Waals surface area contributed by atoms with E-state index in [2.05, 4.69) is 4.98 Å². The van der Waals surface area contributed by atoms with Gasteiger partial charge in [0.25, 0.3) is 0 Å². The standard InChI is InChI=1S/C15H16Cl2N2O2/c1-15(2,3)13(20)14(19-7-6-18-9-19)21-12-5-4-10(16)8-11(12)17/h4-9,14H,1-3H3. The second-order valence-electron chi connectivity index (χ2n) is 5.67. The number of imidazole rings is 1. The van der Waals surface area contributed by atoms with Crippen molar-refractivity contribution in [3.05, 3.63) is 47.0 Å². The fraction of sp³-hybridized carbons (Fsp3) is 0.333. The Morgan fingerprint density at radius 3 is 2.57 bits per heavy atom. The second-order valence-corrected chi connectivity index (χ2v) is 6.51. The van der Waals surface area contributed by atoms with Crippen LogP contribution in [-0.4, -0.2) is 15.3 Å². The minimum absolute atomic E-state index is 0.0773. The topological polar surface area (TPSA) is 44.1 Å². The summed E-state index contributed by atoms with van der Waals surface area (Å²) in [6.07, 6.45) is 3.98. The maximum absolute atomic E-state index is 12.6. The van der Waals surface area contributed by atoms with Crippen LogP contribution in [0.3, 0.4) is 0 Å². The molecule has 21 heavy (non-hydrogen) atoms. The number of carbonyl (C=O) groups is 1. The molecule has 4 nitrogen and oxygen atoms in total. The highest BCUT2D eigenvalue weighted by atomic mass is 35.5. The molecule has 1 aromatic carbocycles. The van der Waals surface area contributed by atoms with E-state index in [4.69, 9.17) is 27.9 Å². The first-order valence-electron chi connectivity index (χ1n) is 6.42. The van der Waals surface area contributed by atoms with Crippen LogP contribution in [0.5, 0.6) is 5.75 Å². The Morgan fingerprint density at radius 2 is 2.05 bits per heavy atom. The lowest BCUT2D eigenvalue weighted by Crippen LogP contribution is -2.33. The lowest BCUT2D eigenvalue weighted by atomic mass is 9.89. The van der Waals surface area contributed by atoms with Crippen LogP contribution in [0.4, 0.5) is 0 Å². The van der Waals surface area contributed by atoms with Gasteiger partial charge >= 0.3 is 0 Å². The van der Waals surface area contributed by atoms with E-state index in [9.17, 15) is 4.79 Å². The Balaban J connectivity index is 2.35. The van der Waals surface area contributed by atoms with Crippen LogP contribution >= 0.6 is 23.2 Å². The summed E-state index contributed by atoms with van der Waals surface area (Å²) in [6.45, 7) is 5.52. The van der Waals surface area contributed by atoms with Gasteiger partial charge in [-0.1, -0.05) is 44.0 Å². The van der Waals surface area contributed by atoms with Crippen molar-refractivity contribution in [2.75, 3.05) is 0 Å². The highest BCUT2D eigenvalue weighted by Gasteiger charge is 2.32. The Kier molecular flexibility index (Phi) is 4.59. The van der Waals surface area contributed by atoms with Crippen LogP contribution in [-0.2, 0) is 4.79 Å². The third-order valence-corrected chi connectivity index (χ3v) is 3.42. The number of ketones is 1. The van der Waals surface area contributed by atoms with E-state index in [-0.39, 0.29) is 5.78 Å². The fourth-order valence-corrected chi connectivity index (χ4v) is 2.17. The molecule has 0 N–H and O–H groups in total. The molecule has 0 radical (unpaired) electrons. The molecule has 0 amide bonds. The molecule has 2 aromatic rings. The number of hydrogen-bond donors (Lipinski definition) is 0. The van der Waals surface area contributed by atoms with E-state index < -0.39 is 11.6 Å². The molecule has 6 heteroatoms. The molecular weight excluding hydrogens is 311 g/mol. The minimum atomic E-state index is -0.828. The summed E-state index contributed by atoms with van der Waals surface area (Å²) in [5.74, 6) is 0.323. The van der Waals surface area contributed by atoms with Gasteiger partial charge in [0.2, 0.25) is 6.23 Å². The Morgan fingerprint density at radius 1 is 1.33 bits per heavy atom. The maximum Gasteiger partial charge on any atom is 0.236 e. The van der Waals surface area contributed by atoms with Crippen molar-refractivity contribution >= 4 is 29.0 Å². The highest BCUT2D eigenvalue weighted by molar-refractivity contribution is 6.35. The summed E-state index contributed by atoms with van der Waals surface area (Å²) in [6, 6.07) is 4.88. The maximum atomic E-state index is 12.6. The molecule has 0 aliphatic carbocycles. The molecule has 0 spiro atoms. The molecular formula is C15H16Cl2N2O2. The van der Waals surface area contributed by atoms with Crippen LogP contribution in [0.25, 0.3) is 0 Å². The number of Topliss-reactive ketones (excluding diaryl/α,β-unsaturated/α-hetero) is 1. The molecule has 1 atom stereocenters. The quantitative estimate of drug-likeness (QED) is 0.837. The predicted octanol–water partition coefficient (Wildman–Crippen LogP) is 4.38. The zero-order chi connectivity index (χ0) is 15.6. The molecule has 0 fully saturated rings. The van der Waals surface area contributed by atoms with Crippen LogP contribution < -0.4 is 4.74 Å². The van der Waals surface area contributed by atoms with Gasteiger partial charge in [-0.15, -0.1) is 0 Å². The second kappa shape index (κ2) is 6.08. The Hall–Kier alpha value is -1.52. The number of ether oxygens (including phenoxy) is 1. The number of hydrogen-bond acceptors (Lipinski definition) is 3. The number of benzene rings is 1. The van der Waals surface area contributed by atoms with E-state index in [0.717, 1.165) is 0 Å². The van der Waals surface area contributed by atoms with Gasteiger partial charge in [-0.3, -0.25) is 9.36 Å². The summed E-state index contributed by atoms with van der Waals surface area (Å²) in [7, 11) is 0. The number of nitrogens with zero attached hydrogens (tertiary/aromatic N) is 2. The first-order chi connectivity index (χ1) is 9.79.